The average molecular weight is 458 g/mol. The van der Waals surface area contributed by atoms with Crippen LogP contribution in [0.5, 0.6) is 11.5 Å². The van der Waals surface area contributed by atoms with Crippen LogP contribution < -0.4 is 14.6 Å². The molecule has 0 aliphatic carbocycles. The lowest BCUT2D eigenvalue weighted by atomic mass is 10.1. The van der Waals surface area contributed by atoms with E-state index < -0.39 is 28.4 Å². The van der Waals surface area contributed by atoms with Crippen LogP contribution in [0.2, 0.25) is 0 Å². The number of halogens is 1. The molecule has 0 heterocycles. The number of hydrogen-bond donors (Lipinski definition) is 1. The Balaban J connectivity index is 2.20. The first-order valence-electron chi connectivity index (χ1n) is 7.42. The van der Waals surface area contributed by atoms with Crippen LogP contribution >= 0.6 is 15.9 Å². The Morgan fingerprint density at radius 2 is 1.74 bits per heavy atom. The molecule has 10 heteroatoms. The van der Waals surface area contributed by atoms with Gasteiger partial charge in [0.15, 0.2) is 6.61 Å². The Morgan fingerprint density at radius 3 is 2.33 bits per heavy atom. The van der Waals surface area contributed by atoms with E-state index in [1.807, 2.05) is 0 Å². The van der Waals surface area contributed by atoms with Crippen molar-refractivity contribution in [1.82, 2.24) is 0 Å². The van der Waals surface area contributed by atoms with E-state index in [1.165, 1.54) is 32.4 Å². The highest BCUT2D eigenvalue weighted by molar-refractivity contribution is 9.10. The SMILES string of the molecule is COc1ccc(OC)c(C(=O)COC(=O)c2cc(S(N)(=O)=O)ccc2Br)c1. The Bertz CT molecular complexity index is 989. The van der Waals surface area contributed by atoms with E-state index in [4.69, 9.17) is 19.3 Å². The van der Waals surface area contributed by atoms with Gasteiger partial charge in [0.05, 0.1) is 30.2 Å². The summed E-state index contributed by atoms with van der Waals surface area (Å²) >= 11 is 3.13. The summed E-state index contributed by atoms with van der Waals surface area (Å²) < 4.78 is 38.4. The number of Topliss-reactive ketones (excluding diaryl/α,β-unsaturated/α-hetero) is 1. The van der Waals surface area contributed by atoms with E-state index in [0.717, 1.165) is 6.07 Å². The predicted molar refractivity (Wildman–Crippen MR) is 99.7 cm³/mol. The molecule has 0 radical (unpaired) electrons. The minimum absolute atomic E-state index is 0.0769. The molecule has 27 heavy (non-hydrogen) atoms. The van der Waals surface area contributed by atoms with Gasteiger partial charge in [-0.15, -0.1) is 0 Å². The van der Waals surface area contributed by atoms with Gasteiger partial charge >= 0.3 is 5.97 Å². The molecule has 0 saturated carbocycles. The van der Waals surface area contributed by atoms with Crippen molar-refractivity contribution in [2.45, 2.75) is 4.90 Å². The predicted octanol–water partition coefficient (Wildman–Crippen LogP) is 2.15. The number of sulfonamides is 1. The third kappa shape index (κ3) is 5.06. The molecule has 0 fully saturated rings. The lowest BCUT2D eigenvalue weighted by molar-refractivity contribution is 0.0472. The van der Waals surface area contributed by atoms with E-state index in [1.54, 1.807) is 12.1 Å². The van der Waals surface area contributed by atoms with Crippen molar-refractivity contribution in [2.24, 2.45) is 5.14 Å². The molecule has 2 rings (SSSR count). The van der Waals surface area contributed by atoms with Crippen molar-refractivity contribution in [3.63, 3.8) is 0 Å². The van der Waals surface area contributed by atoms with Gasteiger partial charge in [-0.1, -0.05) is 0 Å². The number of methoxy groups -OCH3 is 2. The second kappa shape index (κ2) is 8.51. The summed E-state index contributed by atoms with van der Waals surface area (Å²) in [5.41, 5.74) is 0.105. The fraction of sp³-hybridized carbons (Fsp3) is 0.176. The maximum atomic E-state index is 12.4. The zero-order valence-corrected chi connectivity index (χ0v) is 16.8. The van der Waals surface area contributed by atoms with Crippen LogP contribution in [0.15, 0.2) is 45.8 Å². The summed E-state index contributed by atoms with van der Waals surface area (Å²) in [6.07, 6.45) is 0. The van der Waals surface area contributed by atoms with E-state index >= 15 is 0 Å². The minimum atomic E-state index is -3.99. The molecule has 0 saturated heterocycles. The van der Waals surface area contributed by atoms with Crippen molar-refractivity contribution >= 4 is 37.7 Å². The number of nitrogens with two attached hydrogens (primary N) is 1. The number of carbonyl (C=O) groups excluding carboxylic acids is 2. The van der Waals surface area contributed by atoms with Gasteiger partial charge < -0.3 is 14.2 Å². The molecule has 2 aromatic rings. The second-order valence-electron chi connectivity index (χ2n) is 5.25. The topological polar surface area (TPSA) is 122 Å². The van der Waals surface area contributed by atoms with Gasteiger partial charge in [0.25, 0.3) is 0 Å². The number of primary sulfonamides is 1. The average Bonchev–Trinajstić information content (AvgIpc) is 2.64. The van der Waals surface area contributed by atoms with Crippen molar-refractivity contribution in [2.75, 3.05) is 20.8 Å². The molecule has 144 valence electrons. The molecular weight excluding hydrogens is 442 g/mol. The van der Waals surface area contributed by atoms with Crippen LogP contribution in [0, 0.1) is 0 Å². The van der Waals surface area contributed by atoms with Crippen LogP contribution in [0.25, 0.3) is 0 Å². The maximum absolute atomic E-state index is 12.4. The Labute approximate surface area is 164 Å². The molecule has 8 nitrogen and oxygen atoms in total. The molecule has 0 spiro atoms. The molecule has 0 unspecified atom stereocenters. The standard InChI is InChI=1S/C17H16BrNO7S/c1-24-10-3-6-16(25-2)13(7-10)15(20)9-26-17(21)12-8-11(27(19,22)23)4-5-14(12)18/h3-8H,9H2,1-2H3,(H2,19,22,23). The fourth-order valence-corrected chi connectivity index (χ4v) is 3.10. The van der Waals surface area contributed by atoms with Crippen LogP contribution in [-0.2, 0) is 14.8 Å². The van der Waals surface area contributed by atoms with Gasteiger partial charge in [0, 0.05) is 4.47 Å². The molecule has 0 atom stereocenters. The van der Waals surface area contributed by atoms with Crippen LogP contribution in [0.4, 0.5) is 0 Å². The highest BCUT2D eigenvalue weighted by Crippen LogP contribution is 2.25. The number of rotatable bonds is 7. The second-order valence-corrected chi connectivity index (χ2v) is 7.67. The summed E-state index contributed by atoms with van der Waals surface area (Å²) in [7, 11) is -1.14. The zero-order valence-electron chi connectivity index (χ0n) is 14.4. The largest absolute Gasteiger partial charge is 0.497 e. The number of benzene rings is 2. The molecule has 0 aromatic heterocycles. The normalized spacial score (nSPS) is 11.0. The number of hydrogen-bond acceptors (Lipinski definition) is 7. The summed E-state index contributed by atoms with van der Waals surface area (Å²) in [4.78, 5) is 24.4. The van der Waals surface area contributed by atoms with Gasteiger partial charge in [0.2, 0.25) is 15.8 Å². The van der Waals surface area contributed by atoms with Crippen molar-refractivity contribution in [3.05, 3.63) is 52.0 Å². The summed E-state index contributed by atoms with van der Waals surface area (Å²) in [5.74, 6) is -0.663. The molecule has 0 amide bonds. The van der Waals surface area contributed by atoms with Crippen molar-refractivity contribution in [1.29, 1.82) is 0 Å². The quantitative estimate of drug-likeness (QED) is 0.498. The first-order valence-corrected chi connectivity index (χ1v) is 9.76. The Kier molecular flexibility index (Phi) is 6.58. The summed E-state index contributed by atoms with van der Waals surface area (Å²) in [6.45, 7) is -0.575. The molecular formula is C17H16BrNO7S. The minimum Gasteiger partial charge on any atom is -0.497 e. The van der Waals surface area contributed by atoms with Gasteiger partial charge in [0.1, 0.15) is 11.5 Å². The highest BCUT2D eigenvalue weighted by atomic mass is 79.9. The zero-order chi connectivity index (χ0) is 20.2. The van der Waals surface area contributed by atoms with E-state index in [9.17, 15) is 18.0 Å². The van der Waals surface area contributed by atoms with Crippen LogP contribution in [0.1, 0.15) is 20.7 Å². The molecule has 0 aliphatic rings. The number of ketones is 1. The van der Waals surface area contributed by atoms with E-state index in [2.05, 4.69) is 15.9 Å². The van der Waals surface area contributed by atoms with Crippen LogP contribution in [-0.4, -0.2) is 41.0 Å². The summed E-state index contributed by atoms with van der Waals surface area (Å²) in [5, 5.41) is 5.06. The lowest BCUT2D eigenvalue weighted by Crippen LogP contribution is -2.17. The van der Waals surface area contributed by atoms with E-state index in [-0.39, 0.29) is 16.0 Å². The Morgan fingerprint density at radius 1 is 1.04 bits per heavy atom. The maximum Gasteiger partial charge on any atom is 0.339 e. The van der Waals surface area contributed by atoms with Gasteiger partial charge in [-0.05, 0) is 52.3 Å². The lowest BCUT2D eigenvalue weighted by Gasteiger charge is -2.11. The third-order valence-electron chi connectivity index (χ3n) is 3.53. The number of esters is 1. The monoisotopic (exact) mass is 457 g/mol. The smallest absolute Gasteiger partial charge is 0.339 e. The molecule has 0 aliphatic heterocycles. The Hall–Kier alpha value is -2.43. The fourth-order valence-electron chi connectivity index (χ4n) is 2.16. The van der Waals surface area contributed by atoms with E-state index in [0.29, 0.717) is 16.0 Å². The van der Waals surface area contributed by atoms with Gasteiger partial charge in [-0.25, -0.2) is 18.4 Å². The van der Waals surface area contributed by atoms with Crippen LogP contribution in [0.3, 0.4) is 0 Å². The van der Waals surface area contributed by atoms with Crippen molar-refractivity contribution < 1.29 is 32.2 Å². The first kappa shape index (κ1) is 20.9. The number of ether oxygens (including phenoxy) is 3. The highest BCUT2D eigenvalue weighted by Gasteiger charge is 2.20. The summed E-state index contributed by atoms with van der Waals surface area (Å²) in [6, 6.07) is 8.30. The molecule has 2 N–H and O–H groups in total. The van der Waals surface area contributed by atoms with Gasteiger partial charge in [-0.2, -0.15) is 0 Å². The first-order chi connectivity index (χ1) is 12.7. The third-order valence-corrected chi connectivity index (χ3v) is 5.13. The molecule has 2 aromatic carbocycles. The van der Waals surface area contributed by atoms with Gasteiger partial charge in [-0.3, -0.25) is 4.79 Å². The molecule has 0 bridgehead atoms. The van der Waals surface area contributed by atoms with Crippen molar-refractivity contribution in [3.8, 4) is 11.5 Å². The number of carbonyl (C=O) groups is 2.